The standard InChI is InChI=1S/C11H15N3O2S/c1-12-9(4-10(15)13(2)11(12)16)14-5-8-3-7(14)6-17-8/h4,7-8H,3,5-6H2,1-2H3/t7-,8-/m0/s1. The van der Waals surface area contributed by atoms with Gasteiger partial charge in [-0.3, -0.25) is 13.9 Å². The van der Waals surface area contributed by atoms with Gasteiger partial charge in [-0.25, -0.2) is 4.79 Å². The first-order valence-electron chi connectivity index (χ1n) is 5.73. The molecule has 3 rings (SSSR count). The molecule has 3 heterocycles. The van der Waals surface area contributed by atoms with Crippen LogP contribution in [0.4, 0.5) is 5.82 Å². The molecule has 17 heavy (non-hydrogen) atoms. The molecule has 5 nitrogen and oxygen atoms in total. The topological polar surface area (TPSA) is 47.2 Å². The second-order valence-electron chi connectivity index (χ2n) is 4.74. The summed E-state index contributed by atoms with van der Waals surface area (Å²) in [6.45, 7) is 0.954. The minimum Gasteiger partial charge on any atom is -0.353 e. The van der Waals surface area contributed by atoms with Crippen molar-refractivity contribution in [2.75, 3.05) is 17.2 Å². The molecule has 0 saturated carbocycles. The zero-order chi connectivity index (χ0) is 12.2. The van der Waals surface area contributed by atoms with Crippen LogP contribution < -0.4 is 16.1 Å². The van der Waals surface area contributed by atoms with Crippen molar-refractivity contribution in [2.45, 2.75) is 17.7 Å². The monoisotopic (exact) mass is 253 g/mol. The van der Waals surface area contributed by atoms with Crippen molar-refractivity contribution in [3.05, 3.63) is 26.9 Å². The van der Waals surface area contributed by atoms with Gasteiger partial charge in [-0.2, -0.15) is 11.8 Å². The zero-order valence-corrected chi connectivity index (χ0v) is 10.7. The Kier molecular flexibility index (Phi) is 2.36. The first-order chi connectivity index (χ1) is 8.08. The lowest BCUT2D eigenvalue weighted by Gasteiger charge is -2.29. The molecule has 1 aromatic heterocycles. The number of thioether (sulfide) groups is 1. The maximum Gasteiger partial charge on any atom is 0.332 e. The van der Waals surface area contributed by atoms with Crippen LogP contribution in [0.25, 0.3) is 0 Å². The normalized spacial score (nSPS) is 26.8. The van der Waals surface area contributed by atoms with E-state index in [1.54, 1.807) is 17.7 Å². The average Bonchev–Trinajstić information content (AvgIpc) is 2.93. The fraction of sp³-hybridized carbons (Fsp3) is 0.636. The van der Waals surface area contributed by atoms with E-state index in [2.05, 4.69) is 4.90 Å². The van der Waals surface area contributed by atoms with Gasteiger partial charge in [-0.05, 0) is 6.42 Å². The van der Waals surface area contributed by atoms with E-state index in [1.807, 2.05) is 11.8 Å². The molecule has 2 saturated heterocycles. The maximum atomic E-state index is 11.9. The van der Waals surface area contributed by atoms with Crippen LogP contribution in [0.2, 0.25) is 0 Å². The van der Waals surface area contributed by atoms with E-state index >= 15 is 0 Å². The molecule has 0 N–H and O–H groups in total. The highest BCUT2D eigenvalue weighted by atomic mass is 32.2. The van der Waals surface area contributed by atoms with Crippen LogP contribution in [0.1, 0.15) is 6.42 Å². The van der Waals surface area contributed by atoms with Gasteiger partial charge in [0.25, 0.3) is 5.56 Å². The zero-order valence-electron chi connectivity index (χ0n) is 9.92. The number of hydrogen-bond acceptors (Lipinski definition) is 4. The SMILES string of the molecule is Cn1c(N2C[C@@H]3C[C@H]2CS3)cc(=O)n(C)c1=O. The number of fused-ring (bicyclic) bond motifs is 2. The second kappa shape index (κ2) is 3.66. The summed E-state index contributed by atoms with van der Waals surface area (Å²) >= 11 is 2.00. The highest BCUT2D eigenvalue weighted by Gasteiger charge is 2.39. The smallest absolute Gasteiger partial charge is 0.332 e. The molecule has 0 spiro atoms. The van der Waals surface area contributed by atoms with Gasteiger partial charge in [0.2, 0.25) is 0 Å². The van der Waals surface area contributed by atoms with Crippen molar-refractivity contribution in [1.82, 2.24) is 9.13 Å². The lowest BCUT2D eigenvalue weighted by molar-refractivity contribution is 0.650. The van der Waals surface area contributed by atoms with E-state index in [0.29, 0.717) is 11.3 Å². The Morgan fingerprint density at radius 3 is 2.65 bits per heavy atom. The minimum atomic E-state index is -0.247. The van der Waals surface area contributed by atoms with E-state index in [4.69, 9.17) is 0 Å². The van der Waals surface area contributed by atoms with Crippen LogP contribution in [0, 0.1) is 0 Å². The summed E-state index contributed by atoms with van der Waals surface area (Å²) < 4.78 is 2.72. The summed E-state index contributed by atoms with van der Waals surface area (Å²) in [5.41, 5.74) is -0.471. The molecule has 0 radical (unpaired) electrons. The summed E-state index contributed by atoms with van der Waals surface area (Å²) in [5, 5.41) is 0.666. The first kappa shape index (κ1) is 11.0. The Morgan fingerprint density at radius 2 is 2.06 bits per heavy atom. The molecule has 2 aliphatic heterocycles. The Hall–Kier alpha value is -1.17. The maximum absolute atomic E-state index is 11.9. The van der Waals surface area contributed by atoms with E-state index < -0.39 is 0 Å². The van der Waals surface area contributed by atoms with Crippen molar-refractivity contribution >= 4 is 17.6 Å². The molecule has 92 valence electrons. The molecule has 0 aliphatic carbocycles. The van der Waals surface area contributed by atoms with E-state index in [-0.39, 0.29) is 11.2 Å². The average molecular weight is 253 g/mol. The van der Waals surface area contributed by atoms with Gasteiger partial charge in [0, 0.05) is 43.8 Å². The fourth-order valence-electron chi connectivity index (χ4n) is 2.68. The molecule has 2 atom stereocenters. The van der Waals surface area contributed by atoms with E-state index in [9.17, 15) is 9.59 Å². The molecule has 0 amide bonds. The molecular formula is C11H15N3O2S. The lowest BCUT2D eigenvalue weighted by Crippen LogP contribution is -2.43. The lowest BCUT2D eigenvalue weighted by atomic mass is 10.2. The number of hydrogen-bond donors (Lipinski definition) is 0. The number of nitrogens with zero attached hydrogens (tertiary/aromatic N) is 3. The van der Waals surface area contributed by atoms with Crippen molar-refractivity contribution in [3.8, 4) is 0 Å². The first-order valence-corrected chi connectivity index (χ1v) is 6.78. The Bertz CT molecular complexity index is 577. The van der Waals surface area contributed by atoms with Gasteiger partial charge in [-0.15, -0.1) is 0 Å². The Balaban J connectivity index is 2.10. The minimum absolute atomic E-state index is 0.224. The van der Waals surface area contributed by atoms with Crippen molar-refractivity contribution in [3.63, 3.8) is 0 Å². The second-order valence-corrected chi connectivity index (χ2v) is 6.07. The Labute approximate surface area is 103 Å². The number of rotatable bonds is 1. The quantitative estimate of drug-likeness (QED) is 0.694. The van der Waals surface area contributed by atoms with Crippen LogP contribution in [0.5, 0.6) is 0 Å². The van der Waals surface area contributed by atoms with Crippen LogP contribution >= 0.6 is 11.8 Å². The van der Waals surface area contributed by atoms with E-state index in [1.165, 1.54) is 13.5 Å². The molecule has 1 aromatic rings. The van der Waals surface area contributed by atoms with Crippen molar-refractivity contribution in [2.24, 2.45) is 14.1 Å². The molecule has 0 unspecified atom stereocenters. The summed E-state index contributed by atoms with van der Waals surface area (Å²) in [4.78, 5) is 25.8. The largest absolute Gasteiger partial charge is 0.353 e. The predicted molar refractivity (Wildman–Crippen MR) is 68.9 cm³/mol. The number of aromatic nitrogens is 2. The Morgan fingerprint density at radius 1 is 1.29 bits per heavy atom. The number of anilines is 1. The summed E-state index contributed by atoms with van der Waals surface area (Å²) in [5.74, 6) is 1.87. The fourth-order valence-corrected chi connectivity index (χ4v) is 4.11. The molecule has 0 aromatic carbocycles. The third-order valence-electron chi connectivity index (χ3n) is 3.70. The van der Waals surface area contributed by atoms with Crippen molar-refractivity contribution < 1.29 is 0 Å². The highest BCUT2D eigenvalue weighted by Crippen LogP contribution is 2.39. The van der Waals surface area contributed by atoms with Gasteiger partial charge >= 0.3 is 5.69 Å². The third-order valence-corrected chi connectivity index (χ3v) is 5.09. The summed E-state index contributed by atoms with van der Waals surface area (Å²) in [7, 11) is 3.25. The highest BCUT2D eigenvalue weighted by molar-refractivity contribution is 8.00. The van der Waals surface area contributed by atoms with Gasteiger partial charge < -0.3 is 4.90 Å². The van der Waals surface area contributed by atoms with Crippen LogP contribution in [-0.2, 0) is 14.1 Å². The van der Waals surface area contributed by atoms with Crippen LogP contribution in [0.15, 0.2) is 15.7 Å². The molecule has 2 aliphatic rings. The van der Waals surface area contributed by atoms with Gasteiger partial charge in [0.1, 0.15) is 5.82 Å². The molecule has 6 heteroatoms. The van der Waals surface area contributed by atoms with Gasteiger partial charge in [0.15, 0.2) is 0 Å². The molecule has 2 bridgehead atoms. The van der Waals surface area contributed by atoms with Crippen molar-refractivity contribution in [1.29, 1.82) is 0 Å². The molecule has 2 fully saturated rings. The predicted octanol–water partition coefficient (Wildman–Crippen LogP) is -0.222. The van der Waals surface area contributed by atoms with Crippen LogP contribution in [-0.4, -0.2) is 32.7 Å². The third kappa shape index (κ3) is 1.54. The summed E-state index contributed by atoms with van der Waals surface area (Å²) in [6, 6.07) is 2.06. The van der Waals surface area contributed by atoms with Crippen LogP contribution in [0.3, 0.4) is 0 Å². The molecular weight excluding hydrogens is 238 g/mol. The van der Waals surface area contributed by atoms with Gasteiger partial charge in [0.05, 0.1) is 0 Å². The summed E-state index contributed by atoms with van der Waals surface area (Å²) in [6.07, 6.45) is 1.17. The van der Waals surface area contributed by atoms with E-state index in [0.717, 1.165) is 22.7 Å². The van der Waals surface area contributed by atoms with Gasteiger partial charge in [-0.1, -0.05) is 0 Å².